The van der Waals surface area contributed by atoms with Crippen molar-refractivity contribution in [3.63, 3.8) is 0 Å². The van der Waals surface area contributed by atoms with Crippen molar-refractivity contribution in [2.45, 2.75) is 87.3 Å². The molecule has 0 heterocycles. The van der Waals surface area contributed by atoms with E-state index in [-0.39, 0.29) is 28.0 Å². The number of fused-ring (bicyclic) bond motifs is 2. The fraction of sp³-hybridized carbons (Fsp3) is 0.441. The van der Waals surface area contributed by atoms with E-state index in [1.54, 1.807) is 0 Å². The van der Waals surface area contributed by atoms with Crippen molar-refractivity contribution >= 4 is 26.8 Å². The van der Waals surface area contributed by atoms with E-state index < -0.39 is 21.3 Å². The van der Waals surface area contributed by atoms with E-state index in [1.165, 1.54) is 38.7 Å². The molecule has 2 fully saturated rings. The van der Waals surface area contributed by atoms with Crippen molar-refractivity contribution in [1.29, 1.82) is 0 Å². The summed E-state index contributed by atoms with van der Waals surface area (Å²) in [5, 5.41) is 0. The van der Waals surface area contributed by atoms with Crippen molar-refractivity contribution in [3.8, 4) is 0 Å². The third-order valence-corrected chi connectivity index (χ3v) is 12.0. The highest BCUT2D eigenvalue weighted by atomic mass is 32.2. The highest BCUT2D eigenvalue weighted by Crippen LogP contribution is 2.64. The Kier molecular flexibility index (Phi) is 9.64. The van der Waals surface area contributed by atoms with Gasteiger partial charge < -0.3 is 4.55 Å². The number of hydrogen-bond acceptors (Lipinski definition) is 4. The summed E-state index contributed by atoms with van der Waals surface area (Å²) in [6, 6.07) is 29.4. The quantitative estimate of drug-likeness (QED) is 0.193. The number of Topliss-reactive ketones (excluding diaryl/α,β-unsaturated/α-hetero) is 1. The van der Waals surface area contributed by atoms with Crippen molar-refractivity contribution in [2.24, 2.45) is 16.7 Å². The molecule has 214 valence electrons. The van der Waals surface area contributed by atoms with E-state index in [0.717, 1.165) is 19.3 Å². The number of carbonyl (C=O) groups excluding carboxylic acids is 1. The standard InChI is InChI=1S/C24H27S.C10H16O4S/c1-3-8-20-12-16-23(17-13-20)25(22-10-6-5-7-11-22)24-18-14-21(9-4-2)15-19-24;1-9(2)7-3-4-10(9,8(11)5-7)6-15(12,13)14/h5-7,10-19H,3-4,8-9H2,1-2H3;7H,3-6H2,1-2H3,(H,12,13,14)/q+1;/p-1. The molecule has 2 aliphatic rings. The first-order valence-electron chi connectivity index (χ1n) is 14.4. The highest BCUT2D eigenvalue weighted by Gasteiger charge is 2.64. The molecule has 0 spiro atoms. The van der Waals surface area contributed by atoms with Crippen LogP contribution in [0.15, 0.2) is 93.5 Å². The fourth-order valence-corrected chi connectivity index (χ4v) is 9.88. The Hall–Kier alpha value is -2.41. The molecule has 0 amide bonds. The summed E-state index contributed by atoms with van der Waals surface area (Å²) in [4.78, 5) is 16.0. The first kappa shape index (κ1) is 30.5. The van der Waals surface area contributed by atoms with Gasteiger partial charge in [0.05, 0.1) is 26.8 Å². The molecule has 3 aromatic rings. The maximum absolute atomic E-state index is 11.8. The van der Waals surface area contributed by atoms with Crippen LogP contribution >= 0.6 is 0 Å². The van der Waals surface area contributed by atoms with Gasteiger partial charge >= 0.3 is 0 Å². The Balaban J connectivity index is 0.000000210. The van der Waals surface area contributed by atoms with E-state index in [4.69, 9.17) is 0 Å². The van der Waals surface area contributed by atoms with Gasteiger partial charge in [0.1, 0.15) is 5.78 Å². The SMILES string of the molecule is CC1(C)C2CCC1(CS(=O)(=O)[O-])C(=O)C2.CCCc1ccc([S+](c2ccccc2)c2ccc(CCC)cc2)cc1. The minimum Gasteiger partial charge on any atom is -0.748 e. The Bertz CT molecular complexity index is 1330. The van der Waals surface area contributed by atoms with Crippen molar-refractivity contribution in [1.82, 2.24) is 0 Å². The van der Waals surface area contributed by atoms with E-state index in [9.17, 15) is 17.8 Å². The summed E-state index contributed by atoms with van der Waals surface area (Å²) in [6.45, 7) is 8.31. The molecule has 2 bridgehead atoms. The summed E-state index contributed by atoms with van der Waals surface area (Å²) < 4.78 is 32.7. The van der Waals surface area contributed by atoms with Crippen molar-refractivity contribution < 1.29 is 17.8 Å². The molecule has 2 aliphatic carbocycles. The number of ketones is 1. The summed E-state index contributed by atoms with van der Waals surface area (Å²) in [7, 11) is -4.37. The maximum Gasteiger partial charge on any atom is 0.166 e. The zero-order chi connectivity index (χ0) is 29.0. The van der Waals surface area contributed by atoms with Gasteiger partial charge in [-0.15, -0.1) is 0 Å². The number of carbonyl (C=O) groups is 1. The van der Waals surface area contributed by atoms with Crippen LogP contribution < -0.4 is 0 Å². The summed E-state index contributed by atoms with van der Waals surface area (Å²) in [5.74, 6) is -0.280. The first-order valence-corrected chi connectivity index (χ1v) is 17.2. The predicted molar refractivity (Wildman–Crippen MR) is 163 cm³/mol. The van der Waals surface area contributed by atoms with E-state index >= 15 is 0 Å². The summed E-state index contributed by atoms with van der Waals surface area (Å²) in [5.41, 5.74) is 1.64. The molecule has 2 saturated carbocycles. The monoisotopic (exact) mass is 578 g/mol. The van der Waals surface area contributed by atoms with Crippen LogP contribution in [0.5, 0.6) is 0 Å². The molecule has 0 radical (unpaired) electrons. The van der Waals surface area contributed by atoms with Crippen LogP contribution in [0.3, 0.4) is 0 Å². The molecular formula is C34H42O4S2. The largest absolute Gasteiger partial charge is 0.748 e. The van der Waals surface area contributed by atoms with Gasteiger partial charge in [0.25, 0.3) is 0 Å². The third kappa shape index (κ3) is 6.56. The van der Waals surface area contributed by atoms with Gasteiger partial charge in [0.15, 0.2) is 14.7 Å². The number of benzene rings is 3. The van der Waals surface area contributed by atoms with Crippen LogP contribution in [-0.2, 0) is 38.6 Å². The third-order valence-electron chi connectivity index (χ3n) is 8.94. The van der Waals surface area contributed by atoms with Crippen LogP contribution in [0.2, 0.25) is 0 Å². The minimum absolute atomic E-state index is 0.0248. The second kappa shape index (κ2) is 12.6. The molecule has 40 heavy (non-hydrogen) atoms. The predicted octanol–water partition coefficient (Wildman–Crippen LogP) is 7.61. The Labute approximate surface area is 243 Å². The lowest BCUT2D eigenvalue weighted by atomic mass is 9.70. The van der Waals surface area contributed by atoms with Crippen molar-refractivity contribution in [3.05, 3.63) is 90.0 Å². The summed E-state index contributed by atoms with van der Waals surface area (Å²) >= 11 is 0. The van der Waals surface area contributed by atoms with Crippen LogP contribution in [0.25, 0.3) is 0 Å². The molecule has 4 nitrogen and oxygen atoms in total. The number of aryl methyl sites for hydroxylation is 2. The lowest BCUT2D eigenvalue weighted by molar-refractivity contribution is -0.128. The van der Waals surface area contributed by atoms with Gasteiger partial charge in [0, 0.05) is 11.8 Å². The topological polar surface area (TPSA) is 74.3 Å². The molecular weight excluding hydrogens is 537 g/mol. The smallest absolute Gasteiger partial charge is 0.166 e. The van der Waals surface area contributed by atoms with Gasteiger partial charge in [-0.05, 0) is 84.5 Å². The molecule has 5 rings (SSSR count). The van der Waals surface area contributed by atoms with Gasteiger partial charge in [0.2, 0.25) is 0 Å². The average Bonchev–Trinajstić information content (AvgIpc) is 3.26. The van der Waals surface area contributed by atoms with Gasteiger partial charge in [-0.25, -0.2) is 8.42 Å². The van der Waals surface area contributed by atoms with Crippen LogP contribution in [0, 0.1) is 16.7 Å². The first-order chi connectivity index (χ1) is 19.0. The minimum atomic E-state index is -4.33. The Morgan fingerprint density at radius 1 is 0.800 bits per heavy atom. The summed E-state index contributed by atoms with van der Waals surface area (Å²) in [6.07, 6.45) is 6.59. The van der Waals surface area contributed by atoms with Gasteiger partial charge in [-0.2, -0.15) is 0 Å². The van der Waals surface area contributed by atoms with Gasteiger partial charge in [-0.3, -0.25) is 4.79 Å². The molecule has 3 aromatic carbocycles. The van der Waals surface area contributed by atoms with Crippen LogP contribution in [-0.4, -0.2) is 24.5 Å². The molecule has 0 aromatic heterocycles. The molecule has 6 heteroatoms. The zero-order valence-electron chi connectivity index (χ0n) is 24.2. The lowest BCUT2D eigenvalue weighted by Crippen LogP contribution is -2.42. The average molecular weight is 579 g/mol. The zero-order valence-corrected chi connectivity index (χ0v) is 25.8. The maximum atomic E-state index is 11.8. The van der Waals surface area contributed by atoms with Crippen LogP contribution in [0.4, 0.5) is 0 Å². The Morgan fingerprint density at radius 3 is 1.65 bits per heavy atom. The number of hydrogen-bond donors (Lipinski definition) is 0. The molecule has 2 atom stereocenters. The second-order valence-corrected chi connectivity index (χ2v) is 15.2. The van der Waals surface area contributed by atoms with Gasteiger partial charge in [-0.1, -0.05) is 83.0 Å². The van der Waals surface area contributed by atoms with E-state index in [0.29, 0.717) is 12.8 Å². The molecule has 0 N–H and O–H groups in total. The highest BCUT2D eigenvalue weighted by molar-refractivity contribution is 7.97. The second-order valence-electron chi connectivity index (χ2n) is 11.8. The molecule has 0 saturated heterocycles. The van der Waals surface area contributed by atoms with Crippen molar-refractivity contribution in [2.75, 3.05) is 5.75 Å². The van der Waals surface area contributed by atoms with Crippen LogP contribution in [0.1, 0.15) is 70.9 Å². The molecule has 0 aliphatic heterocycles. The normalized spacial score (nSPS) is 21.4. The molecule has 2 unspecified atom stereocenters. The fourth-order valence-electron chi connectivity index (χ4n) is 6.54. The lowest BCUT2D eigenvalue weighted by Gasteiger charge is -2.37. The van der Waals surface area contributed by atoms with E-state index in [1.807, 2.05) is 13.8 Å². The Morgan fingerprint density at radius 2 is 1.27 bits per heavy atom. The van der Waals surface area contributed by atoms with E-state index in [2.05, 4.69) is 92.7 Å². The number of rotatable bonds is 9.